The second-order valence-electron chi connectivity index (χ2n) is 9.95. The number of aromatic nitrogens is 4. The summed E-state index contributed by atoms with van der Waals surface area (Å²) >= 11 is 5.82. The zero-order valence-electron chi connectivity index (χ0n) is 19.4. The van der Waals surface area contributed by atoms with Crippen molar-refractivity contribution < 1.29 is 27.6 Å². The number of anilines is 1. The lowest BCUT2D eigenvalue weighted by molar-refractivity contribution is -0.148. The molecule has 2 atom stereocenters. The van der Waals surface area contributed by atoms with Crippen molar-refractivity contribution in [3.63, 3.8) is 0 Å². The molecule has 13 heteroatoms. The number of H-pyrrole nitrogens is 1. The van der Waals surface area contributed by atoms with Gasteiger partial charge in [-0.1, -0.05) is 11.6 Å². The molecule has 2 aliphatic carbocycles. The Morgan fingerprint density at radius 1 is 1.24 bits per heavy atom. The van der Waals surface area contributed by atoms with Gasteiger partial charge in [0.15, 0.2) is 0 Å². The predicted molar refractivity (Wildman–Crippen MR) is 124 cm³/mol. The number of hydrogen-bond donors (Lipinski definition) is 3. The second-order valence-corrected chi connectivity index (χ2v) is 10.4. The maximum absolute atomic E-state index is 13.8. The predicted octanol–water partition coefficient (Wildman–Crippen LogP) is 3.70. The van der Waals surface area contributed by atoms with Gasteiger partial charge in [-0.2, -0.15) is 15.4 Å². The van der Waals surface area contributed by atoms with E-state index in [1.165, 1.54) is 18.3 Å². The molecule has 3 N–H and O–H groups in total. The van der Waals surface area contributed by atoms with Gasteiger partial charge in [0.25, 0.3) is 23.5 Å². The van der Waals surface area contributed by atoms with E-state index in [4.69, 9.17) is 11.6 Å². The molecule has 0 spiro atoms. The van der Waals surface area contributed by atoms with E-state index in [-0.39, 0.29) is 39.6 Å². The first-order valence-electron chi connectivity index (χ1n) is 11.6. The minimum atomic E-state index is -3.02. The van der Waals surface area contributed by atoms with Crippen LogP contribution in [0.3, 0.4) is 0 Å². The number of nitrogens with zero attached hydrogens (tertiary/aromatic N) is 3. The third kappa shape index (κ3) is 3.73. The molecule has 6 rings (SSSR count). The molecule has 2 saturated carbocycles. The lowest BCUT2D eigenvalue weighted by atomic mass is 9.71. The highest BCUT2D eigenvalue weighted by molar-refractivity contribution is 6.44. The normalized spacial score (nSPS) is 22.0. The number of amides is 2. The highest BCUT2D eigenvalue weighted by Gasteiger charge is 2.60. The van der Waals surface area contributed by atoms with Crippen molar-refractivity contribution in [2.75, 3.05) is 5.32 Å². The number of carbonyl (C=O) groups excluding carboxylic acids is 3. The summed E-state index contributed by atoms with van der Waals surface area (Å²) in [6.07, 6.45) is 1.17. The van der Waals surface area contributed by atoms with Gasteiger partial charge < -0.3 is 15.2 Å². The average Bonchev–Trinajstić information content (AvgIpc) is 3.13. The SMILES string of the molecule is Cc1c(C(=O)C(=O)NC2(c3cn[nH]n3)CC(F)(F)C2)c2n(c1C(=O)Nc1ccc(F)c(Cl)c1)[C@@H]1C[C@@H]1C2. The molecule has 192 valence electrons. The van der Waals surface area contributed by atoms with E-state index in [1.807, 2.05) is 0 Å². The lowest BCUT2D eigenvalue weighted by Gasteiger charge is -2.46. The Morgan fingerprint density at radius 2 is 2.00 bits per heavy atom. The Kier molecular flexibility index (Phi) is 5.07. The van der Waals surface area contributed by atoms with Gasteiger partial charge >= 0.3 is 0 Å². The van der Waals surface area contributed by atoms with Crippen LogP contribution in [0.1, 0.15) is 63.1 Å². The fourth-order valence-electron chi connectivity index (χ4n) is 5.68. The number of fused-ring (bicyclic) bond motifs is 3. The molecule has 0 unspecified atom stereocenters. The van der Waals surface area contributed by atoms with E-state index < -0.39 is 47.7 Å². The summed E-state index contributed by atoms with van der Waals surface area (Å²) in [4.78, 5) is 39.8. The van der Waals surface area contributed by atoms with Crippen LogP contribution in [0.2, 0.25) is 5.02 Å². The largest absolute Gasteiger partial charge is 0.337 e. The first-order valence-corrected chi connectivity index (χ1v) is 12.0. The number of Topliss-reactive ketones (excluding diaryl/α,β-unsaturated/α-hetero) is 1. The van der Waals surface area contributed by atoms with Crippen LogP contribution in [0.4, 0.5) is 18.9 Å². The van der Waals surface area contributed by atoms with Crippen molar-refractivity contribution in [3.05, 3.63) is 63.4 Å². The van der Waals surface area contributed by atoms with Crippen LogP contribution in [-0.2, 0) is 16.8 Å². The molecule has 0 saturated heterocycles. The van der Waals surface area contributed by atoms with Crippen molar-refractivity contribution in [2.24, 2.45) is 5.92 Å². The van der Waals surface area contributed by atoms with E-state index in [9.17, 15) is 27.6 Å². The van der Waals surface area contributed by atoms with Crippen LogP contribution in [0, 0.1) is 18.7 Å². The highest BCUT2D eigenvalue weighted by Crippen LogP contribution is 2.55. The molecular formula is C24H20ClF3N6O3. The summed E-state index contributed by atoms with van der Waals surface area (Å²) in [5.41, 5.74) is 0.0348. The monoisotopic (exact) mass is 532 g/mol. The van der Waals surface area contributed by atoms with Crippen molar-refractivity contribution in [3.8, 4) is 0 Å². The zero-order valence-corrected chi connectivity index (χ0v) is 20.1. The Morgan fingerprint density at radius 3 is 2.65 bits per heavy atom. The number of aromatic amines is 1. The van der Waals surface area contributed by atoms with Gasteiger partial charge in [-0.05, 0) is 49.4 Å². The summed E-state index contributed by atoms with van der Waals surface area (Å²) < 4.78 is 43.0. The molecule has 3 aliphatic rings. The van der Waals surface area contributed by atoms with E-state index in [1.54, 1.807) is 11.5 Å². The number of rotatable bonds is 6. The molecule has 0 bridgehead atoms. The molecule has 37 heavy (non-hydrogen) atoms. The van der Waals surface area contributed by atoms with E-state index in [0.29, 0.717) is 17.7 Å². The molecule has 1 aliphatic heterocycles. The van der Waals surface area contributed by atoms with E-state index >= 15 is 0 Å². The number of hydrogen-bond acceptors (Lipinski definition) is 5. The Balaban J connectivity index is 1.31. The van der Waals surface area contributed by atoms with Gasteiger partial charge in [-0.15, -0.1) is 0 Å². The third-order valence-corrected chi connectivity index (χ3v) is 7.72. The fourth-order valence-corrected chi connectivity index (χ4v) is 5.86. The Bertz CT molecular complexity index is 1480. The highest BCUT2D eigenvalue weighted by atomic mass is 35.5. The van der Waals surface area contributed by atoms with Crippen LogP contribution in [-0.4, -0.2) is 43.5 Å². The molecule has 9 nitrogen and oxygen atoms in total. The summed E-state index contributed by atoms with van der Waals surface area (Å²) in [6.45, 7) is 1.57. The molecule has 3 aromatic rings. The number of benzene rings is 1. The van der Waals surface area contributed by atoms with Crippen LogP contribution in [0.25, 0.3) is 0 Å². The quantitative estimate of drug-likeness (QED) is 0.330. The fraction of sp³-hybridized carbons (Fsp3) is 0.375. The Labute approximate surface area is 212 Å². The maximum atomic E-state index is 13.8. The van der Waals surface area contributed by atoms with Gasteiger partial charge in [0.2, 0.25) is 0 Å². The van der Waals surface area contributed by atoms with Gasteiger partial charge in [0.05, 0.1) is 22.3 Å². The first-order chi connectivity index (χ1) is 17.5. The molecule has 2 aromatic heterocycles. The van der Waals surface area contributed by atoms with Crippen LogP contribution in [0.15, 0.2) is 24.4 Å². The zero-order chi connectivity index (χ0) is 26.3. The third-order valence-electron chi connectivity index (χ3n) is 7.43. The lowest BCUT2D eigenvalue weighted by Crippen LogP contribution is -2.61. The maximum Gasteiger partial charge on any atom is 0.293 e. The van der Waals surface area contributed by atoms with Gasteiger partial charge in [0, 0.05) is 30.3 Å². The smallest absolute Gasteiger partial charge is 0.293 e. The second kappa shape index (κ2) is 7.91. The van der Waals surface area contributed by atoms with E-state index in [2.05, 4.69) is 26.0 Å². The number of alkyl halides is 2. The Hall–Kier alpha value is -3.67. The minimum absolute atomic E-state index is 0.0302. The molecule has 1 aromatic carbocycles. The van der Waals surface area contributed by atoms with Crippen molar-refractivity contribution >= 4 is 34.9 Å². The van der Waals surface area contributed by atoms with Crippen molar-refractivity contribution in [1.29, 1.82) is 0 Å². The van der Waals surface area contributed by atoms with Crippen LogP contribution >= 0.6 is 11.6 Å². The van der Waals surface area contributed by atoms with Gasteiger partial charge in [0.1, 0.15) is 17.2 Å². The summed E-state index contributed by atoms with van der Waals surface area (Å²) in [6, 6.07) is 3.79. The number of carbonyl (C=O) groups is 3. The molecule has 2 fully saturated rings. The number of halogens is 4. The molecular weight excluding hydrogens is 513 g/mol. The summed E-state index contributed by atoms with van der Waals surface area (Å²) in [7, 11) is 0. The van der Waals surface area contributed by atoms with Crippen LogP contribution in [0.5, 0.6) is 0 Å². The van der Waals surface area contributed by atoms with Gasteiger partial charge in [-0.25, -0.2) is 13.2 Å². The molecule has 0 radical (unpaired) electrons. The van der Waals surface area contributed by atoms with Gasteiger partial charge in [-0.3, -0.25) is 14.4 Å². The number of nitrogens with one attached hydrogen (secondary N) is 3. The van der Waals surface area contributed by atoms with Crippen molar-refractivity contribution in [1.82, 2.24) is 25.3 Å². The number of ketones is 1. The molecule has 2 amide bonds. The topological polar surface area (TPSA) is 122 Å². The first kappa shape index (κ1) is 23.7. The van der Waals surface area contributed by atoms with Crippen LogP contribution < -0.4 is 10.6 Å². The average molecular weight is 533 g/mol. The summed E-state index contributed by atoms with van der Waals surface area (Å²) in [5.74, 6) is -5.91. The minimum Gasteiger partial charge on any atom is -0.337 e. The standard InChI is InChI=1S/C24H20ClF3N6O3/c1-10-18(20(35)22(37)31-23(8-24(27,28)9-23)17-7-29-33-32-17)16-5-11-4-15(11)34(16)19(10)21(36)30-12-2-3-14(26)13(25)6-12/h2-3,6-7,11,15H,4-5,8-9H2,1H3,(H,30,36)(H,31,37)(H,29,32,33)/t11-,15-/m1/s1. The van der Waals surface area contributed by atoms with Crippen molar-refractivity contribution in [2.45, 2.75) is 50.1 Å². The summed E-state index contributed by atoms with van der Waals surface area (Å²) in [5, 5.41) is 14.8. The molecule has 3 heterocycles. The van der Waals surface area contributed by atoms with E-state index in [0.717, 1.165) is 12.5 Å².